The van der Waals surface area contributed by atoms with Crippen LogP contribution in [-0.4, -0.2) is 4.98 Å². The van der Waals surface area contributed by atoms with E-state index in [1.807, 2.05) is 0 Å². The zero-order valence-electron chi connectivity index (χ0n) is 13.3. The molecule has 0 atom stereocenters. The molecule has 4 heteroatoms. The predicted octanol–water partition coefficient (Wildman–Crippen LogP) is 5.30. The number of hydrogen-bond acceptors (Lipinski definition) is 2. The van der Waals surface area contributed by atoms with Crippen LogP contribution >= 0.6 is 11.3 Å². The third-order valence-electron chi connectivity index (χ3n) is 3.49. The van der Waals surface area contributed by atoms with Crippen LogP contribution in [0.2, 0.25) is 0 Å². The van der Waals surface area contributed by atoms with Crippen molar-refractivity contribution < 1.29 is 52.8 Å². The molecule has 2 radical (unpaired) electrons. The Morgan fingerprint density at radius 1 is 1.22 bits per heavy atom. The van der Waals surface area contributed by atoms with E-state index in [1.165, 1.54) is 11.6 Å². The van der Waals surface area contributed by atoms with Crippen LogP contribution in [0.1, 0.15) is 32.0 Å². The van der Waals surface area contributed by atoms with Gasteiger partial charge in [-0.15, -0.1) is 51.5 Å². The minimum Gasteiger partial charge on any atom is -0.429 e. The van der Waals surface area contributed by atoms with Crippen LogP contribution in [0.4, 0.5) is 0 Å². The standard InChI is InChI=1S/C19H16NS.Ir.Y/c1-5-15-12-17-16(10-11-21-17)18(20-15)13-6-8-14(9-7-13)19(2,3)4;;/h1,5-6,8-11H,2-4H3;;/q-3;;. The van der Waals surface area contributed by atoms with Crippen molar-refractivity contribution in [3.8, 4) is 11.3 Å². The van der Waals surface area contributed by atoms with Gasteiger partial charge in [-0.1, -0.05) is 26.5 Å². The molecule has 0 bridgehead atoms. The molecule has 0 saturated carbocycles. The first-order valence-electron chi connectivity index (χ1n) is 6.87. The first-order chi connectivity index (χ1) is 9.99. The van der Waals surface area contributed by atoms with E-state index in [0.29, 0.717) is 5.69 Å². The monoisotopic (exact) mass is 572 g/mol. The Morgan fingerprint density at radius 2 is 1.96 bits per heavy atom. The minimum absolute atomic E-state index is 0. The number of hydrogen-bond donors (Lipinski definition) is 0. The van der Waals surface area contributed by atoms with E-state index >= 15 is 0 Å². The van der Waals surface area contributed by atoms with E-state index in [-0.39, 0.29) is 58.2 Å². The van der Waals surface area contributed by atoms with Gasteiger partial charge in [-0.3, -0.25) is 0 Å². The van der Waals surface area contributed by atoms with Gasteiger partial charge in [0.2, 0.25) is 0 Å². The first-order valence-corrected chi connectivity index (χ1v) is 7.75. The Labute approximate surface area is 180 Å². The molecular formula is C19H16IrNSY-3. The molecule has 0 aliphatic heterocycles. The molecule has 3 rings (SSSR count). The predicted molar refractivity (Wildman–Crippen MR) is 90.2 cm³/mol. The van der Waals surface area contributed by atoms with Gasteiger partial charge in [0.15, 0.2) is 0 Å². The fraction of sp³-hybridized carbons (Fsp3) is 0.211. The molecule has 0 unspecified atom stereocenters. The van der Waals surface area contributed by atoms with Crippen molar-refractivity contribution in [2.45, 2.75) is 26.2 Å². The number of nitrogens with zero attached hydrogens (tertiary/aromatic N) is 1. The largest absolute Gasteiger partial charge is 0.429 e. The molecule has 1 nitrogen and oxygen atoms in total. The summed E-state index contributed by atoms with van der Waals surface area (Å²) in [7, 11) is 0. The van der Waals surface area contributed by atoms with E-state index in [2.05, 4.69) is 67.5 Å². The summed E-state index contributed by atoms with van der Waals surface area (Å²) in [5.41, 5.74) is 3.97. The fourth-order valence-electron chi connectivity index (χ4n) is 2.24. The third-order valence-corrected chi connectivity index (χ3v) is 4.32. The summed E-state index contributed by atoms with van der Waals surface area (Å²) in [6.45, 7) is 12.2. The van der Waals surface area contributed by atoms with Gasteiger partial charge in [-0.2, -0.15) is 11.3 Å². The maximum Gasteiger partial charge on any atom is 0 e. The first kappa shape index (κ1) is 20.9. The SMILES string of the molecule is [CH-]=Cc1[c-]c2sccc2c(-c2[c-]cc(C(C)(C)C)cc2)n1.[Ir].[Y]. The Balaban J connectivity index is 0.00000132. The summed E-state index contributed by atoms with van der Waals surface area (Å²) in [6, 6.07) is 14.9. The molecule has 0 spiro atoms. The van der Waals surface area contributed by atoms with Gasteiger partial charge in [0.05, 0.1) is 0 Å². The van der Waals surface area contributed by atoms with Gasteiger partial charge in [-0.05, 0) is 10.8 Å². The second-order valence-corrected chi connectivity index (χ2v) is 6.96. The summed E-state index contributed by atoms with van der Waals surface area (Å²) >= 11 is 1.65. The minimum atomic E-state index is 0. The summed E-state index contributed by atoms with van der Waals surface area (Å²) in [5, 5.41) is 3.15. The Bertz CT molecular complexity index is 800. The normalized spacial score (nSPS) is 10.7. The molecule has 0 aliphatic rings. The van der Waals surface area contributed by atoms with Crippen molar-refractivity contribution in [2.75, 3.05) is 0 Å². The molecule has 118 valence electrons. The molecule has 0 aliphatic carbocycles. The van der Waals surface area contributed by atoms with Crippen molar-refractivity contribution in [1.82, 2.24) is 4.98 Å². The smallest absolute Gasteiger partial charge is 0 e. The molecule has 3 aromatic rings. The fourth-order valence-corrected chi connectivity index (χ4v) is 3.04. The van der Waals surface area contributed by atoms with Gasteiger partial charge < -0.3 is 17.6 Å². The van der Waals surface area contributed by atoms with Crippen molar-refractivity contribution in [2.24, 2.45) is 0 Å². The van der Waals surface area contributed by atoms with Crippen molar-refractivity contribution in [3.63, 3.8) is 0 Å². The van der Waals surface area contributed by atoms with Crippen LogP contribution in [-0.2, 0) is 58.2 Å². The third kappa shape index (κ3) is 4.47. The Morgan fingerprint density at radius 3 is 2.52 bits per heavy atom. The molecule has 0 amide bonds. The summed E-state index contributed by atoms with van der Waals surface area (Å²) < 4.78 is 1.07. The van der Waals surface area contributed by atoms with E-state index < -0.39 is 0 Å². The number of thiophene rings is 1. The number of aromatic nitrogens is 1. The quantitative estimate of drug-likeness (QED) is 0.381. The van der Waals surface area contributed by atoms with Crippen LogP contribution in [0.3, 0.4) is 0 Å². The van der Waals surface area contributed by atoms with Crippen LogP contribution < -0.4 is 0 Å². The molecule has 2 aromatic heterocycles. The number of fused-ring (bicyclic) bond motifs is 1. The molecule has 0 fully saturated rings. The second kappa shape index (κ2) is 8.27. The molecule has 0 N–H and O–H groups in total. The maximum absolute atomic E-state index is 5.61. The average molecular weight is 572 g/mol. The molecule has 1 aromatic carbocycles. The number of benzene rings is 1. The van der Waals surface area contributed by atoms with E-state index in [4.69, 9.17) is 6.58 Å². The van der Waals surface area contributed by atoms with E-state index in [9.17, 15) is 0 Å². The molecule has 23 heavy (non-hydrogen) atoms. The van der Waals surface area contributed by atoms with E-state index in [1.54, 1.807) is 11.3 Å². The van der Waals surface area contributed by atoms with Crippen molar-refractivity contribution in [3.05, 3.63) is 59.6 Å². The molecular weight excluding hydrogens is 555 g/mol. The van der Waals surface area contributed by atoms with Crippen LogP contribution in [0.5, 0.6) is 0 Å². The van der Waals surface area contributed by atoms with Gasteiger partial charge in [0.1, 0.15) is 0 Å². The van der Waals surface area contributed by atoms with Gasteiger partial charge in [0.25, 0.3) is 0 Å². The van der Waals surface area contributed by atoms with E-state index in [0.717, 1.165) is 21.3 Å². The second-order valence-electron chi connectivity index (χ2n) is 6.04. The maximum atomic E-state index is 5.61. The Hall–Kier alpha value is -0.177. The van der Waals surface area contributed by atoms with Crippen LogP contribution in [0.15, 0.2) is 29.6 Å². The van der Waals surface area contributed by atoms with Gasteiger partial charge >= 0.3 is 0 Å². The zero-order chi connectivity index (χ0) is 15.0. The number of pyridine rings is 1. The van der Waals surface area contributed by atoms with Crippen molar-refractivity contribution >= 4 is 27.5 Å². The van der Waals surface area contributed by atoms with Crippen LogP contribution in [0.25, 0.3) is 27.4 Å². The summed E-state index contributed by atoms with van der Waals surface area (Å²) in [5.74, 6) is 0. The van der Waals surface area contributed by atoms with Gasteiger partial charge in [-0.25, -0.2) is 11.8 Å². The molecule has 2 heterocycles. The summed E-state index contributed by atoms with van der Waals surface area (Å²) in [4.78, 5) is 4.59. The van der Waals surface area contributed by atoms with Crippen molar-refractivity contribution in [1.29, 1.82) is 0 Å². The molecule has 0 saturated heterocycles. The van der Waals surface area contributed by atoms with Gasteiger partial charge in [0, 0.05) is 52.8 Å². The Kier molecular flexibility index (Phi) is 7.50. The zero-order valence-corrected chi connectivity index (χ0v) is 19.4. The number of rotatable bonds is 2. The topological polar surface area (TPSA) is 12.9 Å². The van der Waals surface area contributed by atoms with Crippen LogP contribution in [0, 0.1) is 18.7 Å². The summed E-state index contributed by atoms with van der Waals surface area (Å²) in [6.07, 6.45) is 1.49. The average Bonchev–Trinajstić information content (AvgIpc) is 2.93.